The highest BCUT2D eigenvalue weighted by atomic mass is 35.5. The van der Waals surface area contributed by atoms with E-state index in [-0.39, 0.29) is 0 Å². The molecular formula is C19H26ClN5O3. The standard InChI is InChI=1S/C16H18ClN5O.C3H8O2/c1-2-18-12-8-13(17)21-15-14(12)20-9-22(15)11-4-3-10(7-11)16-19-5-6-23-16;1-3(2,4)5/h5-6,8-11H,2-4,7H2,1H3,(H,18,21);4-5H,1-2H3. The van der Waals surface area contributed by atoms with Gasteiger partial charge in [-0.25, -0.2) is 15.0 Å². The number of oxazole rings is 1. The van der Waals surface area contributed by atoms with E-state index in [2.05, 4.69) is 31.8 Å². The van der Waals surface area contributed by atoms with Gasteiger partial charge in [-0.05, 0) is 40.0 Å². The lowest BCUT2D eigenvalue weighted by Gasteiger charge is -2.13. The highest BCUT2D eigenvalue weighted by Crippen LogP contribution is 2.41. The molecule has 8 nitrogen and oxygen atoms in total. The molecule has 2 atom stereocenters. The second-order valence-electron chi connectivity index (χ2n) is 7.38. The predicted molar refractivity (Wildman–Crippen MR) is 107 cm³/mol. The summed E-state index contributed by atoms with van der Waals surface area (Å²) in [7, 11) is 0. The molecule has 1 aliphatic carbocycles. The number of pyridine rings is 1. The molecule has 3 aromatic rings. The number of nitrogens with one attached hydrogen (secondary N) is 1. The van der Waals surface area contributed by atoms with Crippen molar-refractivity contribution >= 4 is 28.5 Å². The number of hydrogen-bond donors (Lipinski definition) is 3. The van der Waals surface area contributed by atoms with Crippen LogP contribution in [0.1, 0.15) is 57.9 Å². The fourth-order valence-corrected chi connectivity index (χ4v) is 3.63. The van der Waals surface area contributed by atoms with Crippen molar-refractivity contribution in [2.75, 3.05) is 11.9 Å². The van der Waals surface area contributed by atoms with E-state index in [1.165, 1.54) is 13.8 Å². The number of aliphatic hydroxyl groups is 2. The summed E-state index contributed by atoms with van der Waals surface area (Å²) in [6.07, 6.45) is 8.32. The van der Waals surface area contributed by atoms with E-state index in [0.29, 0.717) is 17.1 Å². The minimum absolute atomic E-state index is 0.345. The number of fused-ring (bicyclic) bond motifs is 1. The summed E-state index contributed by atoms with van der Waals surface area (Å²) in [5.41, 5.74) is 2.64. The number of halogens is 1. The van der Waals surface area contributed by atoms with Crippen LogP contribution in [0.5, 0.6) is 0 Å². The van der Waals surface area contributed by atoms with E-state index in [1.54, 1.807) is 12.5 Å². The maximum atomic E-state index is 8.08. The van der Waals surface area contributed by atoms with Gasteiger partial charge in [-0.15, -0.1) is 0 Å². The number of rotatable bonds is 4. The first-order chi connectivity index (χ1) is 13.3. The van der Waals surface area contributed by atoms with Crippen LogP contribution in [0, 0.1) is 0 Å². The van der Waals surface area contributed by atoms with Crippen molar-refractivity contribution in [3.05, 3.63) is 35.9 Å². The third-order valence-corrected chi connectivity index (χ3v) is 4.66. The van der Waals surface area contributed by atoms with Crippen LogP contribution in [-0.4, -0.2) is 42.1 Å². The van der Waals surface area contributed by atoms with Crippen LogP contribution >= 0.6 is 11.6 Å². The van der Waals surface area contributed by atoms with Crippen molar-refractivity contribution in [3.8, 4) is 0 Å². The summed E-state index contributed by atoms with van der Waals surface area (Å²) < 4.78 is 7.60. The zero-order valence-corrected chi connectivity index (χ0v) is 17.0. The largest absolute Gasteiger partial charge is 0.449 e. The van der Waals surface area contributed by atoms with Crippen molar-refractivity contribution in [1.82, 2.24) is 19.5 Å². The van der Waals surface area contributed by atoms with Gasteiger partial charge in [0.1, 0.15) is 16.9 Å². The Labute approximate surface area is 168 Å². The van der Waals surface area contributed by atoms with Crippen LogP contribution < -0.4 is 5.32 Å². The number of aromatic nitrogens is 4. The van der Waals surface area contributed by atoms with Crippen LogP contribution in [0.2, 0.25) is 5.15 Å². The van der Waals surface area contributed by atoms with Crippen LogP contribution in [0.3, 0.4) is 0 Å². The second-order valence-corrected chi connectivity index (χ2v) is 7.76. The molecule has 3 heterocycles. The summed E-state index contributed by atoms with van der Waals surface area (Å²) in [5.74, 6) is -0.309. The number of hydrogen-bond acceptors (Lipinski definition) is 7. The molecule has 0 amide bonds. The average molecular weight is 408 g/mol. The molecule has 1 saturated carbocycles. The molecule has 1 aliphatic rings. The van der Waals surface area contributed by atoms with Crippen molar-refractivity contribution < 1.29 is 14.6 Å². The molecule has 3 aromatic heterocycles. The van der Waals surface area contributed by atoms with Gasteiger partial charge in [0.05, 0.1) is 18.2 Å². The first-order valence-corrected chi connectivity index (χ1v) is 9.75. The van der Waals surface area contributed by atoms with E-state index in [4.69, 9.17) is 26.2 Å². The summed E-state index contributed by atoms with van der Waals surface area (Å²) in [5, 5.41) is 19.9. The molecule has 0 aromatic carbocycles. The quantitative estimate of drug-likeness (QED) is 0.446. The van der Waals surface area contributed by atoms with Gasteiger partial charge in [0.2, 0.25) is 0 Å². The molecule has 2 unspecified atom stereocenters. The Morgan fingerprint density at radius 1 is 1.32 bits per heavy atom. The van der Waals surface area contributed by atoms with Gasteiger partial charge >= 0.3 is 0 Å². The van der Waals surface area contributed by atoms with E-state index < -0.39 is 5.79 Å². The molecule has 1 fully saturated rings. The van der Waals surface area contributed by atoms with Gasteiger partial charge in [-0.3, -0.25) is 0 Å². The topological polar surface area (TPSA) is 109 Å². The fourth-order valence-electron chi connectivity index (χ4n) is 3.44. The lowest BCUT2D eigenvalue weighted by atomic mass is 10.1. The molecule has 9 heteroatoms. The van der Waals surface area contributed by atoms with E-state index in [9.17, 15) is 0 Å². The summed E-state index contributed by atoms with van der Waals surface area (Å²) in [6.45, 7) is 5.47. The molecule has 0 spiro atoms. The Morgan fingerprint density at radius 3 is 2.71 bits per heavy atom. The number of imidazole rings is 1. The molecule has 0 bridgehead atoms. The summed E-state index contributed by atoms with van der Waals surface area (Å²) >= 11 is 6.19. The highest BCUT2D eigenvalue weighted by Gasteiger charge is 2.31. The van der Waals surface area contributed by atoms with Crippen LogP contribution in [0.25, 0.3) is 11.2 Å². The maximum absolute atomic E-state index is 8.08. The smallest absolute Gasteiger partial charge is 0.197 e. The lowest BCUT2D eigenvalue weighted by Crippen LogP contribution is -2.15. The van der Waals surface area contributed by atoms with Crippen LogP contribution in [-0.2, 0) is 0 Å². The molecule has 4 rings (SSSR count). The zero-order chi connectivity index (χ0) is 20.3. The molecule has 152 valence electrons. The van der Waals surface area contributed by atoms with E-state index >= 15 is 0 Å². The zero-order valence-electron chi connectivity index (χ0n) is 16.3. The predicted octanol–water partition coefficient (Wildman–Crippen LogP) is 3.72. The Kier molecular flexibility index (Phi) is 6.22. The monoisotopic (exact) mass is 407 g/mol. The Balaban J connectivity index is 0.000000403. The fraction of sp³-hybridized carbons (Fsp3) is 0.526. The molecule has 28 heavy (non-hydrogen) atoms. The van der Waals surface area contributed by atoms with Crippen molar-refractivity contribution in [2.45, 2.75) is 57.8 Å². The normalized spacial score (nSPS) is 19.5. The SMILES string of the molecule is CC(C)(O)O.CCNc1cc(Cl)nc2c1ncn2C1CCC(c2ncco2)C1. The summed E-state index contributed by atoms with van der Waals surface area (Å²) in [6, 6.07) is 2.17. The van der Waals surface area contributed by atoms with E-state index in [0.717, 1.165) is 48.5 Å². The minimum atomic E-state index is -1.50. The van der Waals surface area contributed by atoms with E-state index in [1.807, 2.05) is 12.4 Å². The maximum Gasteiger partial charge on any atom is 0.197 e. The second kappa shape index (κ2) is 8.46. The van der Waals surface area contributed by atoms with Gasteiger partial charge in [0.15, 0.2) is 17.3 Å². The molecule has 0 aliphatic heterocycles. The van der Waals surface area contributed by atoms with Crippen molar-refractivity contribution in [2.24, 2.45) is 0 Å². The van der Waals surface area contributed by atoms with Gasteiger partial charge in [0.25, 0.3) is 0 Å². The molecular weight excluding hydrogens is 382 g/mol. The highest BCUT2D eigenvalue weighted by molar-refractivity contribution is 6.30. The Hall–Kier alpha value is -2.16. The van der Waals surface area contributed by atoms with Gasteiger partial charge in [-0.1, -0.05) is 11.6 Å². The van der Waals surface area contributed by atoms with Gasteiger partial charge in [0, 0.05) is 24.6 Å². The average Bonchev–Trinajstić information content (AvgIpc) is 3.33. The Bertz CT molecular complexity index is 898. The lowest BCUT2D eigenvalue weighted by molar-refractivity contribution is -0.127. The molecule has 3 N–H and O–H groups in total. The first-order valence-electron chi connectivity index (χ1n) is 9.37. The van der Waals surface area contributed by atoms with Gasteiger partial charge in [-0.2, -0.15) is 0 Å². The molecule has 0 radical (unpaired) electrons. The third-order valence-electron chi connectivity index (χ3n) is 4.47. The molecule has 0 saturated heterocycles. The minimum Gasteiger partial charge on any atom is -0.449 e. The van der Waals surface area contributed by atoms with Crippen molar-refractivity contribution in [1.29, 1.82) is 0 Å². The van der Waals surface area contributed by atoms with Crippen LogP contribution in [0.15, 0.2) is 29.3 Å². The Morgan fingerprint density at radius 2 is 2.07 bits per heavy atom. The van der Waals surface area contributed by atoms with Gasteiger partial charge < -0.3 is 24.5 Å². The first kappa shape index (κ1) is 20.6. The van der Waals surface area contributed by atoms with Crippen LogP contribution in [0.4, 0.5) is 5.69 Å². The summed E-state index contributed by atoms with van der Waals surface area (Å²) in [4.78, 5) is 13.3. The number of nitrogens with zero attached hydrogens (tertiary/aromatic N) is 4. The number of anilines is 1. The third kappa shape index (κ3) is 5.01. The van der Waals surface area contributed by atoms with Crippen molar-refractivity contribution in [3.63, 3.8) is 0 Å².